The SMILES string of the molecule is NC(=O)COCCNc1nc2ccccc2cc1C(N)=S. The van der Waals surface area contributed by atoms with E-state index in [-0.39, 0.29) is 11.6 Å². The number of rotatable bonds is 7. The second-order valence-electron chi connectivity index (χ2n) is 4.39. The molecule has 6 nitrogen and oxygen atoms in total. The molecule has 0 aliphatic rings. The third-order valence-corrected chi connectivity index (χ3v) is 2.99. The van der Waals surface area contributed by atoms with E-state index >= 15 is 0 Å². The molecule has 0 aliphatic carbocycles. The molecule has 0 radical (unpaired) electrons. The maximum absolute atomic E-state index is 10.6. The van der Waals surface area contributed by atoms with E-state index < -0.39 is 5.91 Å². The predicted octanol–water partition coefficient (Wildman–Crippen LogP) is 0.783. The maximum atomic E-state index is 10.6. The van der Waals surface area contributed by atoms with Crippen LogP contribution in [0, 0.1) is 0 Å². The summed E-state index contributed by atoms with van der Waals surface area (Å²) in [5.74, 6) is 0.103. The van der Waals surface area contributed by atoms with Gasteiger partial charge in [-0.25, -0.2) is 4.98 Å². The lowest BCUT2D eigenvalue weighted by Crippen LogP contribution is -2.21. The fourth-order valence-corrected chi connectivity index (χ4v) is 2.01. The fraction of sp³-hybridized carbons (Fsp3) is 0.214. The van der Waals surface area contributed by atoms with Crippen molar-refractivity contribution in [3.05, 3.63) is 35.9 Å². The van der Waals surface area contributed by atoms with Crippen molar-refractivity contribution in [3.8, 4) is 0 Å². The van der Waals surface area contributed by atoms with Gasteiger partial charge in [0.15, 0.2) is 0 Å². The molecule has 0 bridgehead atoms. The van der Waals surface area contributed by atoms with Gasteiger partial charge in [-0.05, 0) is 12.1 Å². The molecule has 0 fully saturated rings. The molecule has 21 heavy (non-hydrogen) atoms. The van der Waals surface area contributed by atoms with E-state index in [1.165, 1.54) is 0 Å². The summed E-state index contributed by atoms with van der Waals surface area (Å²) in [6, 6.07) is 9.60. The average Bonchev–Trinajstić information content (AvgIpc) is 2.45. The number of pyridine rings is 1. The molecule has 1 aromatic heterocycles. The van der Waals surface area contributed by atoms with Crippen LogP contribution in [0.1, 0.15) is 5.56 Å². The van der Waals surface area contributed by atoms with Crippen molar-refractivity contribution in [1.82, 2.24) is 4.98 Å². The summed E-state index contributed by atoms with van der Waals surface area (Å²) < 4.78 is 5.08. The lowest BCUT2D eigenvalue weighted by Gasteiger charge is -2.11. The number of fused-ring (bicyclic) bond motifs is 1. The number of carbonyl (C=O) groups is 1. The summed E-state index contributed by atoms with van der Waals surface area (Å²) in [5.41, 5.74) is 12.2. The minimum atomic E-state index is -0.498. The highest BCUT2D eigenvalue weighted by Gasteiger charge is 2.08. The number of hydrogen-bond donors (Lipinski definition) is 3. The largest absolute Gasteiger partial charge is 0.389 e. The zero-order valence-electron chi connectivity index (χ0n) is 11.3. The maximum Gasteiger partial charge on any atom is 0.243 e. The Balaban J connectivity index is 2.11. The van der Waals surface area contributed by atoms with E-state index in [0.717, 1.165) is 10.9 Å². The van der Waals surface area contributed by atoms with Crippen LogP contribution < -0.4 is 16.8 Å². The van der Waals surface area contributed by atoms with E-state index in [4.69, 9.17) is 28.4 Å². The standard InChI is InChI=1S/C14H16N4O2S/c15-12(19)8-20-6-5-17-14-10(13(16)21)7-9-3-1-2-4-11(9)18-14/h1-4,7H,5-6,8H2,(H2,15,19)(H2,16,21)(H,17,18). The number of aromatic nitrogens is 1. The van der Waals surface area contributed by atoms with Crippen LogP contribution in [0.3, 0.4) is 0 Å². The normalized spacial score (nSPS) is 10.5. The topological polar surface area (TPSA) is 103 Å². The highest BCUT2D eigenvalue weighted by molar-refractivity contribution is 7.80. The summed E-state index contributed by atoms with van der Waals surface area (Å²) in [5, 5.41) is 4.07. The molecule has 2 aromatic rings. The molecular weight excluding hydrogens is 288 g/mol. The van der Waals surface area contributed by atoms with Crippen molar-refractivity contribution >= 4 is 39.8 Å². The quantitative estimate of drug-likeness (QED) is 0.516. The van der Waals surface area contributed by atoms with Crippen LogP contribution in [0.2, 0.25) is 0 Å². The van der Waals surface area contributed by atoms with Gasteiger partial charge in [-0.1, -0.05) is 30.4 Å². The van der Waals surface area contributed by atoms with Crippen molar-refractivity contribution in [3.63, 3.8) is 0 Å². The van der Waals surface area contributed by atoms with Gasteiger partial charge in [0.25, 0.3) is 0 Å². The van der Waals surface area contributed by atoms with E-state index in [9.17, 15) is 4.79 Å². The number of carbonyl (C=O) groups excluding carboxylic acids is 1. The third kappa shape index (κ3) is 4.11. The van der Waals surface area contributed by atoms with Gasteiger partial charge in [-0.15, -0.1) is 0 Å². The Morgan fingerprint density at radius 2 is 2.10 bits per heavy atom. The van der Waals surface area contributed by atoms with Gasteiger partial charge < -0.3 is 21.5 Å². The number of benzene rings is 1. The molecular formula is C14H16N4O2S. The first-order chi connectivity index (χ1) is 10.1. The summed E-state index contributed by atoms with van der Waals surface area (Å²) in [6.07, 6.45) is 0. The zero-order chi connectivity index (χ0) is 15.2. The van der Waals surface area contributed by atoms with Crippen molar-refractivity contribution < 1.29 is 9.53 Å². The zero-order valence-corrected chi connectivity index (χ0v) is 12.2. The molecule has 0 atom stereocenters. The molecule has 0 saturated heterocycles. The summed E-state index contributed by atoms with van der Waals surface area (Å²) in [4.78, 5) is 15.3. The Bertz CT molecular complexity index is 675. The number of nitrogens with two attached hydrogens (primary N) is 2. The average molecular weight is 304 g/mol. The van der Waals surface area contributed by atoms with Crippen LogP contribution in [0.5, 0.6) is 0 Å². The Hall–Kier alpha value is -2.25. The summed E-state index contributed by atoms with van der Waals surface area (Å²) in [7, 11) is 0. The first-order valence-corrected chi connectivity index (χ1v) is 6.78. The van der Waals surface area contributed by atoms with E-state index in [0.29, 0.717) is 24.5 Å². The summed E-state index contributed by atoms with van der Waals surface area (Å²) in [6.45, 7) is 0.692. The Morgan fingerprint density at radius 3 is 2.81 bits per heavy atom. The van der Waals surface area contributed by atoms with Crippen molar-refractivity contribution in [2.75, 3.05) is 25.1 Å². The second kappa shape index (κ2) is 6.96. The third-order valence-electron chi connectivity index (χ3n) is 2.77. The molecule has 7 heteroatoms. The van der Waals surface area contributed by atoms with Crippen molar-refractivity contribution in [1.29, 1.82) is 0 Å². The number of ether oxygens (including phenoxy) is 1. The van der Waals surface area contributed by atoms with Crippen LogP contribution in [0.25, 0.3) is 10.9 Å². The molecule has 2 rings (SSSR count). The highest BCUT2D eigenvalue weighted by Crippen LogP contribution is 2.20. The van der Waals surface area contributed by atoms with E-state index in [1.54, 1.807) is 0 Å². The number of primary amides is 1. The predicted molar refractivity (Wildman–Crippen MR) is 86.1 cm³/mol. The van der Waals surface area contributed by atoms with Crippen molar-refractivity contribution in [2.45, 2.75) is 0 Å². The number of thiocarbonyl (C=S) groups is 1. The van der Waals surface area contributed by atoms with Crippen molar-refractivity contribution in [2.24, 2.45) is 11.5 Å². The second-order valence-corrected chi connectivity index (χ2v) is 4.83. The molecule has 1 heterocycles. The lowest BCUT2D eigenvalue weighted by molar-refractivity contribution is -0.122. The molecule has 1 aromatic carbocycles. The number of nitrogens with zero attached hydrogens (tertiary/aromatic N) is 1. The molecule has 5 N–H and O–H groups in total. The molecule has 0 spiro atoms. The van der Waals surface area contributed by atoms with Crippen LogP contribution in [0.15, 0.2) is 30.3 Å². The monoisotopic (exact) mass is 304 g/mol. The first kappa shape index (κ1) is 15.1. The van der Waals surface area contributed by atoms with Gasteiger partial charge in [-0.3, -0.25) is 4.79 Å². The fourth-order valence-electron chi connectivity index (χ4n) is 1.85. The molecule has 110 valence electrons. The van der Waals surface area contributed by atoms with E-state index in [1.807, 2.05) is 30.3 Å². The minimum Gasteiger partial charge on any atom is -0.389 e. The minimum absolute atomic E-state index is 0.102. The van der Waals surface area contributed by atoms with Gasteiger partial charge in [0.05, 0.1) is 17.7 Å². The molecule has 1 amide bonds. The number of nitrogens with one attached hydrogen (secondary N) is 1. The number of hydrogen-bond acceptors (Lipinski definition) is 5. The van der Waals surface area contributed by atoms with Crippen LogP contribution in [0.4, 0.5) is 5.82 Å². The number of amides is 1. The number of para-hydroxylation sites is 1. The first-order valence-electron chi connectivity index (χ1n) is 6.37. The highest BCUT2D eigenvalue weighted by atomic mass is 32.1. The number of anilines is 1. The Kier molecular flexibility index (Phi) is 5.02. The van der Waals surface area contributed by atoms with Gasteiger partial charge in [0, 0.05) is 11.9 Å². The van der Waals surface area contributed by atoms with Gasteiger partial charge in [0.1, 0.15) is 17.4 Å². The van der Waals surface area contributed by atoms with E-state index in [2.05, 4.69) is 10.3 Å². The van der Waals surface area contributed by atoms with Gasteiger partial charge in [-0.2, -0.15) is 0 Å². The van der Waals surface area contributed by atoms with Crippen LogP contribution >= 0.6 is 12.2 Å². The van der Waals surface area contributed by atoms with Crippen LogP contribution in [-0.2, 0) is 9.53 Å². The summed E-state index contributed by atoms with van der Waals surface area (Å²) >= 11 is 5.05. The van der Waals surface area contributed by atoms with Gasteiger partial charge >= 0.3 is 0 Å². The van der Waals surface area contributed by atoms with Crippen LogP contribution in [-0.4, -0.2) is 35.6 Å². The molecule has 0 aliphatic heterocycles. The Labute approximate surface area is 127 Å². The lowest BCUT2D eigenvalue weighted by atomic mass is 10.1. The molecule has 0 saturated carbocycles. The van der Waals surface area contributed by atoms with Gasteiger partial charge in [0.2, 0.25) is 5.91 Å². The molecule has 0 unspecified atom stereocenters. The smallest absolute Gasteiger partial charge is 0.243 e. The Morgan fingerprint density at radius 1 is 1.33 bits per heavy atom.